The predicted molar refractivity (Wildman–Crippen MR) is 82.9 cm³/mol. The van der Waals surface area contributed by atoms with Gasteiger partial charge in [-0.2, -0.15) is 0 Å². The van der Waals surface area contributed by atoms with Crippen molar-refractivity contribution in [3.05, 3.63) is 69.8 Å². The number of carbonyl (C=O) groups is 1. The van der Waals surface area contributed by atoms with Gasteiger partial charge in [-0.15, -0.1) is 0 Å². The second kappa shape index (κ2) is 5.31. The van der Waals surface area contributed by atoms with Crippen LogP contribution in [0.5, 0.6) is 0 Å². The topological polar surface area (TPSA) is 22.0 Å². The number of hydrogen-bond donors (Lipinski definition) is 0. The highest BCUT2D eigenvalue weighted by Gasteiger charge is 2.11. The normalized spacial score (nSPS) is 10.9. The van der Waals surface area contributed by atoms with Crippen LogP contribution in [-0.4, -0.2) is 10.9 Å². The number of hydrogen-bond acceptors (Lipinski definition) is 1. The molecule has 20 heavy (non-hydrogen) atoms. The van der Waals surface area contributed by atoms with E-state index in [0.717, 1.165) is 22.8 Å². The van der Waals surface area contributed by atoms with Crippen molar-refractivity contribution in [2.45, 2.75) is 6.54 Å². The summed E-state index contributed by atoms with van der Waals surface area (Å²) in [6.45, 7) is 0.535. The Bertz CT molecular complexity index is 772. The lowest BCUT2D eigenvalue weighted by Crippen LogP contribution is -1.99. The lowest BCUT2D eigenvalue weighted by Gasteiger charge is -2.09. The average Bonchev–Trinajstić information content (AvgIpc) is 2.81. The van der Waals surface area contributed by atoms with Crippen molar-refractivity contribution in [3.63, 3.8) is 0 Å². The second-order valence-corrected chi connectivity index (χ2v) is 5.36. The molecule has 0 aliphatic heterocycles. The number of aromatic nitrogens is 1. The van der Waals surface area contributed by atoms with Gasteiger partial charge in [0.2, 0.25) is 0 Å². The van der Waals surface area contributed by atoms with E-state index in [4.69, 9.17) is 23.2 Å². The molecule has 2 aromatic carbocycles. The molecule has 0 spiro atoms. The van der Waals surface area contributed by atoms with Crippen LogP contribution in [0.2, 0.25) is 10.0 Å². The van der Waals surface area contributed by atoms with E-state index in [9.17, 15) is 4.79 Å². The summed E-state index contributed by atoms with van der Waals surface area (Å²) < 4.78 is 1.99. The quantitative estimate of drug-likeness (QED) is 0.636. The highest BCUT2D eigenvalue weighted by atomic mass is 35.5. The van der Waals surface area contributed by atoms with Crippen molar-refractivity contribution in [3.8, 4) is 0 Å². The molecule has 0 unspecified atom stereocenters. The molecule has 0 N–H and O–H groups in total. The minimum absolute atomic E-state index is 0.535. The molecule has 3 aromatic rings. The molecule has 4 heteroatoms. The first-order valence-electron chi connectivity index (χ1n) is 6.16. The van der Waals surface area contributed by atoms with Gasteiger partial charge in [0.1, 0.15) is 0 Å². The van der Waals surface area contributed by atoms with Crippen molar-refractivity contribution in [2.24, 2.45) is 0 Å². The number of rotatable bonds is 3. The van der Waals surface area contributed by atoms with Crippen LogP contribution in [0.1, 0.15) is 15.9 Å². The van der Waals surface area contributed by atoms with Gasteiger partial charge in [-0.25, -0.2) is 0 Å². The van der Waals surface area contributed by atoms with Crippen LogP contribution in [0.15, 0.2) is 48.7 Å². The Balaban J connectivity index is 2.14. The van der Waals surface area contributed by atoms with Crippen LogP contribution >= 0.6 is 23.2 Å². The van der Waals surface area contributed by atoms with E-state index in [-0.39, 0.29) is 0 Å². The van der Waals surface area contributed by atoms with E-state index in [2.05, 4.69) is 0 Å². The summed E-state index contributed by atoms with van der Waals surface area (Å²) in [5, 5.41) is 2.19. The van der Waals surface area contributed by atoms with E-state index in [1.54, 1.807) is 0 Å². The van der Waals surface area contributed by atoms with Crippen molar-refractivity contribution < 1.29 is 4.79 Å². The molecular weight excluding hydrogens is 293 g/mol. The summed E-state index contributed by atoms with van der Waals surface area (Å²) in [5.41, 5.74) is 2.52. The summed E-state index contributed by atoms with van der Waals surface area (Å²) in [7, 11) is 0. The molecule has 1 heterocycles. The van der Waals surface area contributed by atoms with Crippen LogP contribution in [0, 0.1) is 0 Å². The second-order valence-electron chi connectivity index (χ2n) is 4.55. The van der Waals surface area contributed by atoms with Crippen LogP contribution in [-0.2, 0) is 6.54 Å². The molecule has 0 saturated heterocycles. The van der Waals surface area contributed by atoms with E-state index in [1.807, 2.05) is 53.2 Å². The van der Waals surface area contributed by atoms with E-state index in [1.165, 1.54) is 0 Å². The monoisotopic (exact) mass is 303 g/mol. The molecule has 100 valence electrons. The number of para-hydroxylation sites is 1. The fourth-order valence-corrected chi connectivity index (χ4v) is 2.87. The third-order valence-electron chi connectivity index (χ3n) is 3.34. The van der Waals surface area contributed by atoms with Crippen LogP contribution in [0.4, 0.5) is 0 Å². The first-order valence-corrected chi connectivity index (χ1v) is 6.92. The van der Waals surface area contributed by atoms with Gasteiger partial charge in [0.25, 0.3) is 0 Å². The minimum Gasteiger partial charge on any atom is -0.342 e. The Labute approximate surface area is 126 Å². The maximum Gasteiger partial charge on any atom is 0.152 e. The van der Waals surface area contributed by atoms with Crippen molar-refractivity contribution in [2.75, 3.05) is 0 Å². The van der Waals surface area contributed by atoms with Gasteiger partial charge in [0, 0.05) is 38.3 Å². The van der Waals surface area contributed by atoms with Crippen molar-refractivity contribution >= 4 is 40.4 Å². The van der Waals surface area contributed by atoms with Crippen LogP contribution < -0.4 is 0 Å². The molecular formula is C16H11Cl2NO. The van der Waals surface area contributed by atoms with E-state index < -0.39 is 0 Å². The first-order chi connectivity index (χ1) is 9.70. The third-order valence-corrected chi connectivity index (χ3v) is 4.04. The maximum atomic E-state index is 11.2. The SMILES string of the molecule is O=Cc1cn(Cc2c(Cl)cccc2Cl)c2ccccc12. The molecule has 0 radical (unpaired) electrons. The van der Waals surface area contributed by atoms with E-state index >= 15 is 0 Å². The zero-order chi connectivity index (χ0) is 14.1. The van der Waals surface area contributed by atoms with E-state index in [0.29, 0.717) is 22.2 Å². The summed E-state index contributed by atoms with van der Waals surface area (Å²) >= 11 is 12.4. The minimum atomic E-state index is 0.535. The fraction of sp³-hybridized carbons (Fsp3) is 0.0625. The Morgan fingerprint density at radius 1 is 1.00 bits per heavy atom. The number of aldehydes is 1. The number of nitrogens with zero attached hydrogens (tertiary/aromatic N) is 1. The van der Waals surface area contributed by atoms with Gasteiger partial charge in [-0.3, -0.25) is 4.79 Å². The largest absolute Gasteiger partial charge is 0.342 e. The molecule has 0 fully saturated rings. The zero-order valence-electron chi connectivity index (χ0n) is 10.5. The van der Waals surface area contributed by atoms with Gasteiger partial charge in [0.15, 0.2) is 6.29 Å². The van der Waals surface area contributed by atoms with Gasteiger partial charge in [-0.05, 0) is 18.2 Å². The predicted octanol–water partition coefficient (Wildman–Crippen LogP) is 4.81. The highest BCUT2D eigenvalue weighted by Crippen LogP contribution is 2.28. The average molecular weight is 304 g/mol. The first kappa shape index (κ1) is 13.2. The molecule has 0 aliphatic carbocycles. The number of fused-ring (bicyclic) bond motifs is 1. The van der Waals surface area contributed by atoms with Crippen LogP contribution in [0.25, 0.3) is 10.9 Å². The highest BCUT2D eigenvalue weighted by molar-refractivity contribution is 6.36. The molecule has 0 atom stereocenters. The van der Waals surface area contributed by atoms with Gasteiger partial charge in [-0.1, -0.05) is 47.5 Å². The smallest absolute Gasteiger partial charge is 0.152 e. The summed E-state index contributed by atoms with van der Waals surface area (Å²) in [4.78, 5) is 11.2. The molecule has 1 aromatic heterocycles. The van der Waals surface area contributed by atoms with Crippen LogP contribution in [0.3, 0.4) is 0 Å². The molecule has 0 bridgehead atoms. The van der Waals surface area contributed by atoms with Gasteiger partial charge in [0.05, 0.1) is 6.54 Å². The zero-order valence-corrected chi connectivity index (χ0v) is 12.0. The lowest BCUT2D eigenvalue weighted by molar-refractivity contribution is 0.112. The summed E-state index contributed by atoms with van der Waals surface area (Å²) in [6, 6.07) is 13.2. The number of benzene rings is 2. The molecule has 3 rings (SSSR count). The fourth-order valence-electron chi connectivity index (χ4n) is 2.35. The maximum absolute atomic E-state index is 11.2. The molecule has 0 aliphatic rings. The lowest BCUT2D eigenvalue weighted by atomic mass is 10.2. The summed E-state index contributed by atoms with van der Waals surface area (Å²) in [5.74, 6) is 0. The Morgan fingerprint density at radius 2 is 1.70 bits per heavy atom. The Hall–Kier alpha value is -1.77. The molecule has 0 amide bonds. The van der Waals surface area contributed by atoms with Crippen molar-refractivity contribution in [1.29, 1.82) is 0 Å². The van der Waals surface area contributed by atoms with Gasteiger partial charge >= 0.3 is 0 Å². The standard InChI is InChI=1S/C16H11Cl2NO/c17-14-5-3-6-15(18)13(14)9-19-8-11(10-20)12-4-1-2-7-16(12)19/h1-8,10H,9H2. The van der Waals surface area contributed by atoms with Crippen molar-refractivity contribution in [1.82, 2.24) is 4.57 Å². The van der Waals surface area contributed by atoms with Gasteiger partial charge < -0.3 is 4.57 Å². The number of carbonyl (C=O) groups excluding carboxylic acids is 1. The Morgan fingerprint density at radius 3 is 2.40 bits per heavy atom. The molecule has 2 nitrogen and oxygen atoms in total. The number of halogens is 2. The Kier molecular flexibility index (Phi) is 3.51. The molecule has 0 saturated carbocycles. The third kappa shape index (κ3) is 2.21. The summed E-state index contributed by atoms with van der Waals surface area (Å²) in [6.07, 6.45) is 2.70.